The number of hydrogen-bond donors (Lipinski definition) is 1. The van der Waals surface area contributed by atoms with Crippen LogP contribution in [0.3, 0.4) is 0 Å². The molecule has 6 nitrogen and oxygen atoms in total. The molecule has 0 amide bonds. The smallest absolute Gasteiger partial charge is 0.278 e. The molecule has 0 fully saturated rings. The molecule has 0 bridgehead atoms. The minimum absolute atomic E-state index is 0.0991. The molecule has 0 aliphatic carbocycles. The number of aromatic nitrogens is 1. The first-order valence-corrected chi connectivity index (χ1v) is 6.54. The first-order chi connectivity index (χ1) is 10.0. The van der Waals surface area contributed by atoms with Crippen LogP contribution >= 0.6 is 0 Å². The summed E-state index contributed by atoms with van der Waals surface area (Å²) < 4.78 is 5.62. The van der Waals surface area contributed by atoms with E-state index in [0.29, 0.717) is 29.1 Å². The molecule has 6 heteroatoms. The Kier molecular flexibility index (Phi) is 4.49. The Morgan fingerprint density at radius 3 is 2.52 bits per heavy atom. The number of rotatable bonds is 5. The van der Waals surface area contributed by atoms with Gasteiger partial charge in [0, 0.05) is 18.3 Å². The van der Waals surface area contributed by atoms with Gasteiger partial charge in [0.25, 0.3) is 5.69 Å². The summed E-state index contributed by atoms with van der Waals surface area (Å²) in [5, 5.41) is 11.1. The van der Waals surface area contributed by atoms with Gasteiger partial charge in [-0.3, -0.25) is 15.1 Å². The van der Waals surface area contributed by atoms with Gasteiger partial charge in [-0.1, -0.05) is 12.1 Å². The lowest BCUT2D eigenvalue weighted by atomic mass is 10.1. The fourth-order valence-electron chi connectivity index (χ4n) is 2.07. The maximum absolute atomic E-state index is 11.1. The van der Waals surface area contributed by atoms with Crippen LogP contribution in [0, 0.1) is 24.0 Å². The average molecular weight is 287 g/mol. The van der Waals surface area contributed by atoms with Crippen molar-refractivity contribution in [2.45, 2.75) is 27.0 Å². The lowest BCUT2D eigenvalue weighted by molar-refractivity contribution is -0.386. The van der Waals surface area contributed by atoms with E-state index in [0.717, 1.165) is 5.56 Å². The molecule has 1 aromatic heterocycles. The molecule has 21 heavy (non-hydrogen) atoms. The highest BCUT2D eigenvalue weighted by molar-refractivity contribution is 5.47. The van der Waals surface area contributed by atoms with Gasteiger partial charge in [-0.25, -0.2) is 0 Å². The SMILES string of the molecule is Cc1cnc(COc2ccc(CN)cc2)c(C)c1[N+](=O)[O-]. The van der Waals surface area contributed by atoms with Crippen LogP contribution < -0.4 is 10.5 Å². The second-order valence-electron chi connectivity index (χ2n) is 4.76. The molecule has 2 aromatic rings. The zero-order chi connectivity index (χ0) is 15.4. The summed E-state index contributed by atoms with van der Waals surface area (Å²) in [6.45, 7) is 4.03. The fraction of sp³-hybridized carbons (Fsp3) is 0.267. The van der Waals surface area contributed by atoms with Gasteiger partial charge in [-0.2, -0.15) is 0 Å². The van der Waals surface area contributed by atoms with Crippen LogP contribution in [0.1, 0.15) is 22.4 Å². The molecular weight excluding hydrogens is 270 g/mol. The molecule has 0 aliphatic heterocycles. The van der Waals surface area contributed by atoms with E-state index in [1.165, 1.54) is 6.20 Å². The van der Waals surface area contributed by atoms with Crippen molar-refractivity contribution in [2.24, 2.45) is 5.73 Å². The number of pyridine rings is 1. The zero-order valence-electron chi connectivity index (χ0n) is 12.0. The zero-order valence-corrected chi connectivity index (χ0v) is 12.0. The molecule has 1 heterocycles. The summed E-state index contributed by atoms with van der Waals surface area (Å²) in [5.41, 5.74) is 8.30. The summed E-state index contributed by atoms with van der Waals surface area (Å²) in [6.07, 6.45) is 1.50. The van der Waals surface area contributed by atoms with E-state index in [1.54, 1.807) is 13.8 Å². The highest BCUT2D eigenvalue weighted by Crippen LogP contribution is 2.25. The molecule has 2 N–H and O–H groups in total. The van der Waals surface area contributed by atoms with Crippen LogP contribution in [0.5, 0.6) is 5.75 Å². The second kappa shape index (κ2) is 6.32. The minimum Gasteiger partial charge on any atom is -0.487 e. The lowest BCUT2D eigenvalue weighted by Gasteiger charge is -2.09. The summed E-state index contributed by atoms with van der Waals surface area (Å²) in [4.78, 5) is 14.9. The number of nitrogens with zero attached hydrogens (tertiary/aromatic N) is 2. The Bertz CT molecular complexity index is 654. The molecule has 1 aromatic carbocycles. The van der Waals surface area contributed by atoms with Gasteiger partial charge in [0.05, 0.1) is 16.2 Å². The summed E-state index contributed by atoms with van der Waals surface area (Å²) >= 11 is 0. The van der Waals surface area contributed by atoms with Crippen molar-refractivity contribution in [3.8, 4) is 5.75 Å². The Morgan fingerprint density at radius 1 is 1.29 bits per heavy atom. The van der Waals surface area contributed by atoms with Crippen LogP contribution in [-0.4, -0.2) is 9.91 Å². The summed E-state index contributed by atoms with van der Waals surface area (Å²) in [6, 6.07) is 7.40. The Hall–Kier alpha value is -2.47. The Balaban J connectivity index is 2.16. The van der Waals surface area contributed by atoms with Crippen molar-refractivity contribution in [1.82, 2.24) is 4.98 Å². The molecular formula is C15H17N3O3. The van der Waals surface area contributed by atoms with E-state index < -0.39 is 0 Å². The topological polar surface area (TPSA) is 91.3 Å². The number of nitrogens with two attached hydrogens (primary N) is 1. The molecule has 0 saturated heterocycles. The quantitative estimate of drug-likeness (QED) is 0.674. The molecule has 0 radical (unpaired) electrons. The Labute approximate surface area is 122 Å². The van der Waals surface area contributed by atoms with Crippen LogP contribution in [0.15, 0.2) is 30.5 Å². The molecule has 0 spiro atoms. The highest BCUT2D eigenvalue weighted by Gasteiger charge is 2.18. The van der Waals surface area contributed by atoms with Crippen LogP contribution in [0.2, 0.25) is 0 Å². The van der Waals surface area contributed by atoms with E-state index >= 15 is 0 Å². The van der Waals surface area contributed by atoms with Crippen LogP contribution in [-0.2, 0) is 13.2 Å². The predicted octanol–water partition coefficient (Wildman–Crippen LogP) is 2.64. The van der Waals surface area contributed by atoms with Gasteiger partial charge in [-0.15, -0.1) is 0 Å². The van der Waals surface area contributed by atoms with Gasteiger partial charge in [0.15, 0.2) is 0 Å². The van der Waals surface area contributed by atoms with Crippen molar-refractivity contribution < 1.29 is 9.66 Å². The third kappa shape index (κ3) is 3.35. The molecule has 0 unspecified atom stereocenters. The fourth-order valence-corrected chi connectivity index (χ4v) is 2.07. The number of ether oxygens (including phenoxy) is 1. The number of hydrogen-bond acceptors (Lipinski definition) is 5. The maximum atomic E-state index is 11.1. The lowest BCUT2D eigenvalue weighted by Crippen LogP contribution is -2.05. The van der Waals surface area contributed by atoms with Gasteiger partial charge in [0.2, 0.25) is 0 Å². The van der Waals surface area contributed by atoms with Crippen molar-refractivity contribution in [3.05, 3.63) is 63.0 Å². The monoisotopic (exact) mass is 287 g/mol. The van der Waals surface area contributed by atoms with Crippen molar-refractivity contribution in [2.75, 3.05) is 0 Å². The highest BCUT2D eigenvalue weighted by atomic mass is 16.6. The first-order valence-electron chi connectivity index (χ1n) is 6.54. The second-order valence-corrected chi connectivity index (χ2v) is 4.76. The van der Waals surface area contributed by atoms with Gasteiger partial charge in [0.1, 0.15) is 12.4 Å². The third-order valence-electron chi connectivity index (χ3n) is 3.29. The van der Waals surface area contributed by atoms with Gasteiger partial charge >= 0.3 is 0 Å². The molecule has 2 rings (SSSR count). The molecule has 0 aliphatic rings. The van der Waals surface area contributed by atoms with Crippen LogP contribution in [0.25, 0.3) is 0 Å². The number of benzene rings is 1. The van der Waals surface area contributed by atoms with Crippen LogP contribution in [0.4, 0.5) is 5.69 Å². The van der Waals surface area contributed by atoms with Crippen molar-refractivity contribution in [1.29, 1.82) is 0 Å². The Morgan fingerprint density at radius 2 is 1.95 bits per heavy atom. The van der Waals surface area contributed by atoms with E-state index in [2.05, 4.69) is 4.98 Å². The largest absolute Gasteiger partial charge is 0.487 e. The van der Waals surface area contributed by atoms with E-state index in [9.17, 15) is 10.1 Å². The number of nitro groups is 1. The molecule has 0 saturated carbocycles. The van der Waals surface area contributed by atoms with Gasteiger partial charge in [-0.05, 0) is 31.5 Å². The molecule has 110 valence electrons. The van der Waals surface area contributed by atoms with Crippen molar-refractivity contribution in [3.63, 3.8) is 0 Å². The summed E-state index contributed by atoms with van der Waals surface area (Å²) in [7, 11) is 0. The first kappa shape index (κ1) is 14.9. The minimum atomic E-state index is -0.383. The predicted molar refractivity (Wildman–Crippen MR) is 79.0 cm³/mol. The van der Waals surface area contributed by atoms with E-state index in [1.807, 2.05) is 24.3 Å². The third-order valence-corrected chi connectivity index (χ3v) is 3.29. The summed E-state index contributed by atoms with van der Waals surface area (Å²) in [5.74, 6) is 0.677. The molecule has 0 atom stereocenters. The number of aryl methyl sites for hydroxylation is 1. The van der Waals surface area contributed by atoms with Gasteiger partial charge < -0.3 is 10.5 Å². The maximum Gasteiger partial charge on any atom is 0.278 e. The van der Waals surface area contributed by atoms with E-state index in [-0.39, 0.29) is 17.2 Å². The average Bonchev–Trinajstić information content (AvgIpc) is 2.46. The van der Waals surface area contributed by atoms with Crippen molar-refractivity contribution >= 4 is 5.69 Å². The van der Waals surface area contributed by atoms with E-state index in [4.69, 9.17) is 10.5 Å². The standard InChI is InChI=1S/C15H17N3O3/c1-10-8-17-14(11(2)15(10)18(19)20)9-21-13-5-3-12(7-16)4-6-13/h3-6,8H,7,9,16H2,1-2H3. The normalized spacial score (nSPS) is 10.4.